The molecule has 0 unspecified atom stereocenters. The van der Waals surface area contributed by atoms with Crippen LogP contribution in [-0.4, -0.2) is 30.2 Å². The van der Waals surface area contributed by atoms with E-state index >= 15 is 0 Å². The van der Waals surface area contributed by atoms with Gasteiger partial charge in [-0.15, -0.1) is 0 Å². The Morgan fingerprint density at radius 3 is 1.61 bits per heavy atom. The minimum absolute atomic E-state index is 0.162. The molecule has 4 aromatic carbocycles. The highest BCUT2D eigenvalue weighted by Crippen LogP contribution is 2.40. The molecule has 36 heavy (non-hydrogen) atoms. The highest BCUT2D eigenvalue weighted by Gasteiger charge is 2.39. The summed E-state index contributed by atoms with van der Waals surface area (Å²) in [6.07, 6.45) is 1.51. The summed E-state index contributed by atoms with van der Waals surface area (Å²) >= 11 is 0. The van der Waals surface area contributed by atoms with Gasteiger partial charge in [-0.3, -0.25) is 0 Å². The van der Waals surface area contributed by atoms with Gasteiger partial charge in [0, 0.05) is 0 Å². The van der Waals surface area contributed by atoms with Gasteiger partial charge in [0.1, 0.15) is 17.8 Å². The van der Waals surface area contributed by atoms with Gasteiger partial charge < -0.3 is 19.3 Å². The summed E-state index contributed by atoms with van der Waals surface area (Å²) < 4.78 is 18.9. The first-order chi connectivity index (χ1) is 17.8. The number of hydrogen-bond donors (Lipinski definition) is 1. The lowest BCUT2D eigenvalue weighted by Crippen LogP contribution is -2.43. The van der Waals surface area contributed by atoms with E-state index in [2.05, 4.69) is 36.4 Å². The van der Waals surface area contributed by atoms with E-state index in [1.165, 1.54) is 0 Å². The maximum Gasteiger partial charge on any atom is 0.177 e. The predicted octanol–water partition coefficient (Wildman–Crippen LogP) is 5.85. The summed E-state index contributed by atoms with van der Waals surface area (Å²) in [4.78, 5) is 0. The van der Waals surface area contributed by atoms with E-state index in [1.54, 1.807) is 12.2 Å². The third-order valence-corrected chi connectivity index (χ3v) is 6.42. The van der Waals surface area contributed by atoms with Crippen molar-refractivity contribution in [1.29, 1.82) is 0 Å². The molecule has 0 radical (unpaired) electrons. The van der Waals surface area contributed by atoms with Crippen LogP contribution in [0.15, 0.2) is 133 Å². The largest absolute Gasteiger partial charge is 0.386 e. The molecule has 0 bridgehead atoms. The molecule has 1 aliphatic heterocycles. The molecule has 1 N–H and O–H groups in total. The number of benzene rings is 4. The first-order valence-electron chi connectivity index (χ1n) is 12.2. The third-order valence-electron chi connectivity index (χ3n) is 6.42. The Labute approximate surface area is 212 Å². The van der Waals surface area contributed by atoms with E-state index < -0.39 is 24.1 Å². The second kappa shape index (κ2) is 11.5. The van der Waals surface area contributed by atoms with E-state index in [0.717, 1.165) is 22.3 Å². The molecule has 0 aliphatic carbocycles. The van der Waals surface area contributed by atoms with Gasteiger partial charge in [0.2, 0.25) is 0 Å². The van der Waals surface area contributed by atoms with Crippen LogP contribution in [0.1, 0.15) is 22.3 Å². The average molecular weight is 479 g/mol. The lowest BCUT2D eigenvalue weighted by Gasteiger charge is -2.38. The van der Waals surface area contributed by atoms with Gasteiger partial charge >= 0.3 is 0 Å². The number of aliphatic hydroxyl groups excluding tert-OH is 1. The highest BCUT2D eigenvalue weighted by atomic mass is 16.7. The molecule has 0 amide bonds. The van der Waals surface area contributed by atoms with Crippen molar-refractivity contribution < 1.29 is 19.3 Å². The monoisotopic (exact) mass is 478 g/mol. The van der Waals surface area contributed by atoms with Crippen molar-refractivity contribution in [3.05, 3.63) is 156 Å². The van der Waals surface area contributed by atoms with Crippen LogP contribution >= 0.6 is 0 Å². The summed E-state index contributed by atoms with van der Waals surface area (Å²) in [5.41, 5.74) is 3.18. The summed E-state index contributed by atoms with van der Waals surface area (Å²) in [5.74, 6) is 0. The first kappa shape index (κ1) is 24.2. The Kier molecular flexibility index (Phi) is 7.70. The van der Waals surface area contributed by atoms with Crippen molar-refractivity contribution in [3.8, 4) is 0 Å². The predicted molar refractivity (Wildman–Crippen MR) is 140 cm³/mol. The molecular formula is C32H30O4. The summed E-state index contributed by atoms with van der Waals surface area (Å²) in [7, 11) is 0. The number of ether oxygens (including phenoxy) is 3. The van der Waals surface area contributed by atoms with Gasteiger partial charge in [-0.1, -0.05) is 127 Å². The second-order valence-electron chi connectivity index (χ2n) is 8.81. The molecule has 1 aliphatic rings. The standard InChI is InChI=1S/C32H30O4/c33-29-21-22-31(34-23-25-13-5-1-6-14-25)36-30(29)24-35-32(26-15-7-2-8-16-26,27-17-9-3-10-18-27)28-19-11-4-12-20-28/h1-22,29-31,33H,23-24H2/t29-,30-,31-/m1/s1. The van der Waals surface area contributed by atoms with Crippen molar-refractivity contribution >= 4 is 0 Å². The minimum atomic E-state index is -0.881. The normalized spacial score (nSPS) is 19.8. The molecule has 4 nitrogen and oxygen atoms in total. The minimum Gasteiger partial charge on any atom is -0.386 e. The fraction of sp³-hybridized carbons (Fsp3) is 0.188. The van der Waals surface area contributed by atoms with Crippen molar-refractivity contribution in [2.75, 3.05) is 6.61 Å². The lowest BCUT2D eigenvalue weighted by atomic mass is 9.80. The molecular weight excluding hydrogens is 448 g/mol. The zero-order valence-corrected chi connectivity index (χ0v) is 20.0. The molecule has 4 heteroatoms. The van der Waals surface area contributed by atoms with Gasteiger partial charge in [0.25, 0.3) is 0 Å². The highest BCUT2D eigenvalue weighted by molar-refractivity contribution is 5.47. The van der Waals surface area contributed by atoms with E-state index in [-0.39, 0.29) is 6.61 Å². The second-order valence-corrected chi connectivity index (χ2v) is 8.81. The van der Waals surface area contributed by atoms with Gasteiger partial charge in [-0.05, 0) is 28.3 Å². The topological polar surface area (TPSA) is 47.9 Å². The van der Waals surface area contributed by atoms with E-state index in [0.29, 0.717) is 6.61 Å². The maximum absolute atomic E-state index is 10.7. The van der Waals surface area contributed by atoms with E-state index in [4.69, 9.17) is 14.2 Å². The number of aliphatic hydroxyl groups is 1. The molecule has 182 valence electrons. The summed E-state index contributed by atoms with van der Waals surface area (Å²) in [6.45, 7) is 0.580. The molecule has 0 fully saturated rings. The Morgan fingerprint density at radius 1 is 0.639 bits per heavy atom. The molecule has 0 aromatic heterocycles. The van der Waals surface area contributed by atoms with Crippen molar-refractivity contribution in [2.45, 2.75) is 30.7 Å². The molecule has 5 rings (SSSR count). The van der Waals surface area contributed by atoms with Crippen molar-refractivity contribution in [3.63, 3.8) is 0 Å². The third kappa shape index (κ3) is 5.32. The fourth-order valence-corrected chi connectivity index (χ4v) is 4.59. The van der Waals surface area contributed by atoms with Crippen LogP contribution in [0.5, 0.6) is 0 Å². The van der Waals surface area contributed by atoms with Gasteiger partial charge in [0.15, 0.2) is 6.29 Å². The summed E-state index contributed by atoms with van der Waals surface area (Å²) in [6, 6.07) is 40.5. The van der Waals surface area contributed by atoms with Crippen LogP contribution in [0.25, 0.3) is 0 Å². The molecule has 0 saturated heterocycles. The van der Waals surface area contributed by atoms with Crippen molar-refractivity contribution in [2.24, 2.45) is 0 Å². The lowest BCUT2D eigenvalue weighted by molar-refractivity contribution is -0.197. The van der Waals surface area contributed by atoms with Crippen LogP contribution < -0.4 is 0 Å². The smallest absolute Gasteiger partial charge is 0.177 e. The zero-order chi connectivity index (χ0) is 24.6. The Balaban J connectivity index is 1.42. The quantitative estimate of drug-likeness (QED) is 0.242. The summed E-state index contributed by atoms with van der Waals surface area (Å²) in [5, 5.41) is 10.7. The molecule has 3 atom stereocenters. The average Bonchev–Trinajstić information content (AvgIpc) is 2.96. The molecule has 0 spiro atoms. The molecule has 0 saturated carbocycles. The van der Waals surface area contributed by atoms with E-state index in [1.807, 2.05) is 84.9 Å². The maximum atomic E-state index is 10.7. The van der Waals surface area contributed by atoms with Crippen LogP contribution in [0.3, 0.4) is 0 Å². The zero-order valence-electron chi connectivity index (χ0n) is 20.0. The SMILES string of the molecule is O[C@@H]1C=C[C@H](OCc2ccccc2)O[C@@H]1COC(c1ccccc1)(c1ccccc1)c1ccccc1. The molecule has 4 aromatic rings. The van der Waals surface area contributed by atoms with Gasteiger partial charge in [0.05, 0.1) is 13.2 Å². The molecule has 1 heterocycles. The Bertz CT molecular complexity index is 1130. The van der Waals surface area contributed by atoms with Crippen molar-refractivity contribution in [1.82, 2.24) is 0 Å². The van der Waals surface area contributed by atoms with Crippen LogP contribution in [0, 0.1) is 0 Å². The Hall–Kier alpha value is -3.54. The van der Waals surface area contributed by atoms with Crippen LogP contribution in [0.4, 0.5) is 0 Å². The first-order valence-corrected chi connectivity index (χ1v) is 12.2. The Morgan fingerprint density at radius 2 is 1.11 bits per heavy atom. The number of hydrogen-bond acceptors (Lipinski definition) is 4. The fourth-order valence-electron chi connectivity index (χ4n) is 4.59. The van der Waals surface area contributed by atoms with E-state index in [9.17, 15) is 5.11 Å². The van der Waals surface area contributed by atoms with Crippen LogP contribution in [0.2, 0.25) is 0 Å². The number of rotatable bonds is 9. The van der Waals surface area contributed by atoms with Gasteiger partial charge in [-0.2, -0.15) is 0 Å². The van der Waals surface area contributed by atoms with Crippen LogP contribution in [-0.2, 0) is 26.4 Å². The van der Waals surface area contributed by atoms with Gasteiger partial charge in [-0.25, -0.2) is 0 Å².